The van der Waals surface area contributed by atoms with Crippen LogP contribution in [0.25, 0.3) is 0 Å². The average molecular weight is 177 g/mol. The molecule has 1 fully saturated rings. The van der Waals surface area contributed by atoms with Crippen LogP contribution in [0.3, 0.4) is 0 Å². The molecule has 1 N–H and O–H groups in total. The minimum absolute atomic E-state index is 0.1000. The summed E-state index contributed by atoms with van der Waals surface area (Å²) in [5, 5.41) is 9.09. The van der Waals surface area contributed by atoms with Gasteiger partial charge in [0.25, 0.3) is 0 Å². The minimum Gasteiger partial charge on any atom is -0.392 e. The third-order valence-electron chi connectivity index (χ3n) is 3.06. The van der Waals surface area contributed by atoms with Gasteiger partial charge in [-0.05, 0) is 42.4 Å². The summed E-state index contributed by atoms with van der Waals surface area (Å²) in [7, 11) is 0. The van der Waals surface area contributed by atoms with E-state index in [0.29, 0.717) is 5.41 Å². The molecule has 2 nitrogen and oxygen atoms in total. The summed E-state index contributed by atoms with van der Waals surface area (Å²) in [6.45, 7) is 4.29. The fraction of sp³-hybridized carbons (Fsp3) is 0.545. The lowest BCUT2D eigenvalue weighted by molar-refractivity contribution is 0.280. The largest absolute Gasteiger partial charge is 0.392 e. The van der Waals surface area contributed by atoms with Gasteiger partial charge in [-0.15, -0.1) is 0 Å². The molecule has 1 aromatic heterocycles. The van der Waals surface area contributed by atoms with Crippen LogP contribution in [0.1, 0.15) is 36.6 Å². The topological polar surface area (TPSA) is 33.1 Å². The fourth-order valence-electron chi connectivity index (χ4n) is 1.54. The van der Waals surface area contributed by atoms with Crippen molar-refractivity contribution in [3.05, 3.63) is 29.1 Å². The first-order chi connectivity index (χ1) is 6.15. The predicted molar refractivity (Wildman–Crippen MR) is 51.5 cm³/mol. The molecule has 1 heterocycles. The number of hydrogen-bond acceptors (Lipinski definition) is 2. The Kier molecular flexibility index (Phi) is 1.88. The Labute approximate surface area is 78.6 Å². The van der Waals surface area contributed by atoms with Crippen molar-refractivity contribution in [3.8, 4) is 0 Å². The monoisotopic (exact) mass is 177 g/mol. The molecule has 0 unspecified atom stereocenters. The van der Waals surface area contributed by atoms with Crippen LogP contribution in [0.2, 0.25) is 0 Å². The molecule has 0 aliphatic heterocycles. The number of aromatic nitrogens is 1. The smallest absolute Gasteiger partial charge is 0.0699 e. The first-order valence-corrected chi connectivity index (χ1v) is 4.72. The van der Waals surface area contributed by atoms with Crippen molar-refractivity contribution in [1.82, 2.24) is 4.98 Å². The number of aryl methyl sites for hydroxylation is 1. The molecule has 0 bridgehead atoms. The molecular formula is C11H15NO. The first-order valence-electron chi connectivity index (χ1n) is 4.72. The van der Waals surface area contributed by atoms with Crippen LogP contribution in [-0.4, -0.2) is 10.1 Å². The Bertz CT molecular complexity index is 329. The van der Waals surface area contributed by atoms with Crippen LogP contribution in [0.15, 0.2) is 12.3 Å². The van der Waals surface area contributed by atoms with E-state index in [9.17, 15) is 0 Å². The van der Waals surface area contributed by atoms with Crippen LogP contribution in [0, 0.1) is 6.92 Å². The molecule has 1 aliphatic carbocycles. The third-order valence-corrected chi connectivity index (χ3v) is 3.06. The second-order valence-corrected chi connectivity index (χ2v) is 4.19. The van der Waals surface area contributed by atoms with Crippen molar-refractivity contribution >= 4 is 0 Å². The van der Waals surface area contributed by atoms with E-state index < -0.39 is 0 Å². The molecule has 70 valence electrons. The van der Waals surface area contributed by atoms with Crippen LogP contribution >= 0.6 is 0 Å². The molecule has 2 rings (SSSR count). The van der Waals surface area contributed by atoms with E-state index in [4.69, 9.17) is 5.11 Å². The van der Waals surface area contributed by atoms with Gasteiger partial charge in [0.15, 0.2) is 0 Å². The third kappa shape index (κ3) is 1.46. The highest BCUT2D eigenvalue weighted by atomic mass is 16.3. The molecule has 2 heteroatoms. The van der Waals surface area contributed by atoms with Gasteiger partial charge >= 0.3 is 0 Å². The normalized spacial score (nSPS) is 18.7. The zero-order chi connectivity index (χ0) is 9.47. The van der Waals surface area contributed by atoms with E-state index in [0.717, 1.165) is 11.3 Å². The van der Waals surface area contributed by atoms with E-state index in [2.05, 4.69) is 18.0 Å². The molecule has 0 amide bonds. The number of nitrogens with zero attached hydrogens (tertiary/aromatic N) is 1. The van der Waals surface area contributed by atoms with Crippen LogP contribution < -0.4 is 0 Å². The van der Waals surface area contributed by atoms with Crippen LogP contribution in [0.4, 0.5) is 0 Å². The summed E-state index contributed by atoms with van der Waals surface area (Å²) < 4.78 is 0. The average Bonchev–Trinajstić information content (AvgIpc) is 2.86. The minimum atomic E-state index is 0.1000. The van der Waals surface area contributed by atoms with E-state index in [-0.39, 0.29) is 6.61 Å². The predicted octanol–water partition coefficient (Wildman–Crippen LogP) is 1.93. The maximum absolute atomic E-state index is 9.09. The molecule has 0 spiro atoms. The molecule has 1 saturated carbocycles. The lowest BCUT2D eigenvalue weighted by atomic mass is 9.98. The number of hydrogen-bond donors (Lipinski definition) is 1. The summed E-state index contributed by atoms with van der Waals surface area (Å²) in [6, 6.07) is 2.09. The maximum atomic E-state index is 9.09. The quantitative estimate of drug-likeness (QED) is 0.748. The molecule has 13 heavy (non-hydrogen) atoms. The summed E-state index contributed by atoms with van der Waals surface area (Å²) in [5.41, 5.74) is 3.54. The second-order valence-electron chi connectivity index (χ2n) is 4.19. The van der Waals surface area contributed by atoms with Gasteiger partial charge in [0.2, 0.25) is 0 Å². The molecule has 0 saturated heterocycles. The highest BCUT2D eigenvalue weighted by Gasteiger charge is 2.39. The van der Waals surface area contributed by atoms with Crippen LogP contribution in [-0.2, 0) is 12.0 Å². The Morgan fingerprint density at radius 2 is 2.23 bits per heavy atom. The lowest BCUT2D eigenvalue weighted by Gasteiger charge is -2.10. The highest BCUT2D eigenvalue weighted by molar-refractivity contribution is 5.33. The zero-order valence-corrected chi connectivity index (χ0v) is 8.17. The summed E-state index contributed by atoms with van der Waals surface area (Å²) >= 11 is 0. The maximum Gasteiger partial charge on any atom is 0.0699 e. The van der Waals surface area contributed by atoms with Crippen molar-refractivity contribution in [3.63, 3.8) is 0 Å². The SMILES string of the molecule is Cc1ncc(C2(C)CC2)cc1CO. The molecule has 0 radical (unpaired) electrons. The van der Waals surface area contributed by atoms with Crippen molar-refractivity contribution < 1.29 is 5.11 Å². The van der Waals surface area contributed by atoms with Gasteiger partial charge in [0.1, 0.15) is 0 Å². The summed E-state index contributed by atoms with van der Waals surface area (Å²) in [5.74, 6) is 0. The van der Waals surface area contributed by atoms with Gasteiger partial charge in [-0.25, -0.2) is 0 Å². The summed E-state index contributed by atoms with van der Waals surface area (Å²) in [6.07, 6.45) is 4.45. The molecule has 1 aromatic rings. The van der Waals surface area contributed by atoms with Crippen molar-refractivity contribution in [2.24, 2.45) is 0 Å². The summed E-state index contributed by atoms with van der Waals surface area (Å²) in [4.78, 5) is 4.30. The number of aliphatic hydroxyl groups excluding tert-OH is 1. The van der Waals surface area contributed by atoms with Gasteiger partial charge in [0, 0.05) is 11.9 Å². The van der Waals surface area contributed by atoms with Gasteiger partial charge in [-0.2, -0.15) is 0 Å². The van der Waals surface area contributed by atoms with Crippen LogP contribution in [0.5, 0.6) is 0 Å². The fourth-order valence-corrected chi connectivity index (χ4v) is 1.54. The van der Waals surface area contributed by atoms with Gasteiger partial charge in [0.05, 0.1) is 6.61 Å². The number of pyridine rings is 1. The zero-order valence-electron chi connectivity index (χ0n) is 8.17. The van der Waals surface area contributed by atoms with E-state index in [1.807, 2.05) is 13.1 Å². The Morgan fingerprint density at radius 1 is 1.54 bits per heavy atom. The standard InChI is InChI=1S/C11H15NO/c1-8-9(7-13)5-10(6-12-8)11(2)3-4-11/h5-6,13H,3-4,7H2,1-2H3. The Morgan fingerprint density at radius 3 is 2.77 bits per heavy atom. The molecule has 1 aliphatic rings. The number of aliphatic hydroxyl groups is 1. The highest BCUT2D eigenvalue weighted by Crippen LogP contribution is 2.47. The van der Waals surface area contributed by atoms with Gasteiger partial charge < -0.3 is 5.11 Å². The Balaban J connectivity index is 2.39. The molecular weight excluding hydrogens is 162 g/mol. The first kappa shape index (κ1) is 8.70. The van der Waals surface area contributed by atoms with Crippen molar-refractivity contribution in [2.75, 3.05) is 0 Å². The van der Waals surface area contributed by atoms with E-state index in [1.54, 1.807) is 0 Å². The second kappa shape index (κ2) is 2.81. The lowest BCUT2D eigenvalue weighted by Crippen LogP contribution is -2.03. The van der Waals surface area contributed by atoms with Gasteiger partial charge in [-0.1, -0.05) is 6.92 Å². The van der Waals surface area contributed by atoms with E-state index >= 15 is 0 Å². The Hall–Kier alpha value is -0.890. The van der Waals surface area contributed by atoms with E-state index in [1.165, 1.54) is 18.4 Å². The number of rotatable bonds is 2. The molecule has 0 atom stereocenters. The van der Waals surface area contributed by atoms with Crippen molar-refractivity contribution in [1.29, 1.82) is 0 Å². The van der Waals surface area contributed by atoms with Gasteiger partial charge in [-0.3, -0.25) is 4.98 Å². The molecule has 0 aromatic carbocycles. The van der Waals surface area contributed by atoms with Crippen molar-refractivity contribution in [2.45, 2.75) is 38.7 Å².